The van der Waals surface area contributed by atoms with Gasteiger partial charge in [0.1, 0.15) is 12.1 Å². The Hall–Kier alpha value is -0.260. The molecule has 0 aromatic rings. The molecule has 0 rings (SSSR count). The van der Waals surface area contributed by atoms with Crippen LogP contribution in [0.1, 0.15) is 1.43 Å². The third-order valence-electron chi connectivity index (χ3n) is 0.686. The second kappa shape index (κ2) is 6.45. The Bertz CT molecular complexity index is 229. The Morgan fingerprint density at radius 2 is 1.91 bits per heavy atom. The number of halogens is 2. The summed E-state index contributed by atoms with van der Waals surface area (Å²) in [5.41, 5.74) is -2.89. The van der Waals surface area contributed by atoms with Gasteiger partial charge >= 0.3 is 29.6 Å². The molecule has 1 atom stereocenters. The van der Waals surface area contributed by atoms with Crippen LogP contribution in [-0.4, -0.2) is 10.7 Å². The van der Waals surface area contributed by atoms with Crippen LogP contribution in [0.15, 0.2) is 11.3 Å². The number of hydrogen-bond acceptors (Lipinski definition) is 3. The number of aliphatic hydroxyl groups is 1. The summed E-state index contributed by atoms with van der Waals surface area (Å²) in [5, 5.41) is 24.6. The minimum Gasteiger partial charge on any atom is -1.00 e. The van der Waals surface area contributed by atoms with Crippen LogP contribution in [0.3, 0.4) is 0 Å². The minimum absolute atomic E-state index is 0. The Kier molecular flexibility index (Phi) is 7.82. The van der Waals surface area contributed by atoms with Crippen molar-refractivity contribution in [3.8, 4) is 12.1 Å². The van der Waals surface area contributed by atoms with Crippen molar-refractivity contribution in [1.82, 2.24) is 0 Å². The van der Waals surface area contributed by atoms with Crippen LogP contribution >= 0.6 is 11.6 Å². The molecule has 3 nitrogen and oxygen atoms in total. The fourth-order valence-electron chi connectivity index (χ4n) is 0.249. The van der Waals surface area contributed by atoms with Crippen LogP contribution in [0.5, 0.6) is 0 Å². The third-order valence-corrected chi connectivity index (χ3v) is 0.893. The number of rotatable bonds is 1. The number of nitrogens with zero attached hydrogens (tertiary/aromatic N) is 2. The summed E-state index contributed by atoms with van der Waals surface area (Å²) in [5.74, 6) is -1.04. The molecule has 0 saturated carbocycles. The first-order valence-corrected chi connectivity index (χ1v) is 2.58. The average Bonchev–Trinajstić information content (AvgIpc) is 1.90. The van der Waals surface area contributed by atoms with E-state index < -0.39 is 17.0 Å². The van der Waals surface area contributed by atoms with E-state index in [4.69, 9.17) is 27.2 Å². The summed E-state index contributed by atoms with van der Waals surface area (Å²) in [7, 11) is 0. The summed E-state index contributed by atoms with van der Waals surface area (Å²) in [4.78, 5) is 0. The largest absolute Gasteiger partial charge is 1.00 e. The van der Waals surface area contributed by atoms with E-state index in [0.717, 1.165) is 0 Å². The second-order valence-electron chi connectivity index (χ2n) is 1.28. The van der Waals surface area contributed by atoms with E-state index in [0.29, 0.717) is 0 Å². The van der Waals surface area contributed by atoms with Crippen molar-refractivity contribution in [3.05, 3.63) is 11.3 Å². The average molecular weight is 185 g/mol. The SMILES string of the molecule is N#CC(C#N)=C(O)C(F)Cl.[H-].[Na+]. The molecule has 0 spiro atoms. The molecule has 0 heterocycles. The van der Waals surface area contributed by atoms with Crippen molar-refractivity contribution in [2.45, 2.75) is 5.63 Å². The first-order chi connectivity index (χ1) is 4.63. The van der Waals surface area contributed by atoms with Gasteiger partial charge in [-0.25, -0.2) is 4.39 Å². The molecule has 0 aromatic heterocycles. The molecular weight excluding hydrogens is 182 g/mol. The van der Waals surface area contributed by atoms with Crippen LogP contribution in [0.4, 0.5) is 4.39 Å². The smallest absolute Gasteiger partial charge is 1.00 e. The van der Waals surface area contributed by atoms with E-state index >= 15 is 0 Å². The number of alkyl halides is 2. The van der Waals surface area contributed by atoms with Crippen molar-refractivity contribution in [2.75, 3.05) is 0 Å². The molecule has 0 aromatic carbocycles. The molecule has 0 aliphatic carbocycles. The normalized spacial score (nSPS) is 9.82. The van der Waals surface area contributed by atoms with Gasteiger partial charge in [-0.15, -0.1) is 0 Å². The van der Waals surface area contributed by atoms with E-state index in [1.807, 2.05) is 0 Å². The van der Waals surface area contributed by atoms with E-state index in [2.05, 4.69) is 0 Å². The molecule has 0 amide bonds. The second-order valence-corrected chi connectivity index (χ2v) is 1.67. The number of nitriles is 2. The molecule has 6 heteroatoms. The van der Waals surface area contributed by atoms with Gasteiger partial charge in [0, 0.05) is 0 Å². The Morgan fingerprint density at radius 1 is 1.55 bits per heavy atom. The topological polar surface area (TPSA) is 67.8 Å². The zero-order chi connectivity index (χ0) is 8.15. The van der Waals surface area contributed by atoms with Crippen LogP contribution in [0.2, 0.25) is 0 Å². The maximum atomic E-state index is 11.9. The van der Waals surface area contributed by atoms with E-state index in [1.54, 1.807) is 0 Å². The fraction of sp³-hybridized carbons (Fsp3) is 0.200. The number of hydrogen-bond donors (Lipinski definition) is 1. The number of aliphatic hydroxyl groups excluding tert-OH is 1. The molecule has 54 valence electrons. The molecule has 0 aliphatic heterocycles. The van der Waals surface area contributed by atoms with E-state index in [1.165, 1.54) is 12.1 Å². The Balaban J connectivity index is -0.000000405. The maximum absolute atomic E-state index is 11.9. The van der Waals surface area contributed by atoms with Crippen molar-refractivity contribution in [2.24, 2.45) is 0 Å². The molecule has 1 unspecified atom stereocenters. The van der Waals surface area contributed by atoms with E-state index in [9.17, 15) is 4.39 Å². The molecule has 0 saturated heterocycles. The van der Waals surface area contributed by atoms with Crippen LogP contribution in [-0.2, 0) is 0 Å². The van der Waals surface area contributed by atoms with Gasteiger partial charge in [0.15, 0.2) is 11.3 Å². The van der Waals surface area contributed by atoms with Crippen molar-refractivity contribution in [3.63, 3.8) is 0 Å². The van der Waals surface area contributed by atoms with Crippen LogP contribution in [0, 0.1) is 22.7 Å². The molecular formula is C5H3ClFN2NaO. The molecule has 0 fully saturated rings. The van der Waals surface area contributed by atoms with Gasteiger partial charge in [-0.05, 0) is 0 Å². The summed E-state index contributed by atoms with van der Waals surface area (Å²) in [6.45, 7) is 0. The van der Waals surface area contributed by atoms with Crippen molar-refractivity contribution in [1.29, 1.82) is 10.5 Å². The summed E-state index contributed by atoms with van der Waals surface area (Å²) in [6.07, 6.45) is 0. The van der Waals surface area contributed by atoms with Gasteiger partial charge in [-0.1, -0.05) is 11.6 Å². The van der Waals surface area contributed by atoms with E-state index in [-0.39, 0.29) is 31.0 Å². The molecule has 0 radical (unpaired) electrons. The maximum Gasteiger partial charge on any atom is 1.00 e. The van der Waals surface area contributed by atoms with Gasteiger partial charge in [0.25, 0.3) is 0 Å². The summed E-state index contributed by atoms with van der Waals surface area (Å²) < 4.78 is 11.9. The Labute approximate surface area is 91.5 Å². The van der Waals surface area contributed by atoms with Gasteiger partial charge in [-0.3, -0.25) is 0 Å². The third kappa shape index (κ3) is 4.23. The van der Waals surface area contributed by atoms with Crippen molar-refractivity contribution >= 4 is 11.6 Å². The fourth-order valence-corrected chi connectivity index (χ4v) is 0.358. The van der Waals surface area contributed by atoms with Crippen molar-refractivity contribution < 1.29 is 40.5 Å². The zero-order valence-corrected chi connectivity index (χ0v) is 8.43. The minimum atomic E-state index is -2.19. The van der Waals surface area contributed by atoms with Gasteiger partial charge in [0.05, 0.1) is 0 Å². The monoisotopic (exact) mass is 184 g/mol. The van der Waals surface area contributed by atoms with Gasteiger partial charge in [-0.2, -0.15) is 10.5 Å². The van der Waals surface area contributed by atoms with Crippen LogP contribution in [0.25, 0.3) is 0 Å². The quantitative estimate of drug-likeness (QED) is 0.233. The summed E-state index contributed by atoms with van der Waals surface area (Å²) >= 11 is 4.70. The van der Waals surface area contributed by atoms with Gasteiger partial charge in [0.2, 0.25) is 5.63 Å². The molecule has 0 aliphatic rings. The molecule has 1 N–H and O–H groups in total. The predicted octanol–water partition coefficient (Wildman–Crippen LogP) is -1.50. The first-order valence-electron chi connectivity index (χ1n) is 2.15. The summed E-state index contributed by atoms with van der Waals surface area (Å²) in [6, 6.07) is 2.55. The predicted molar refractivity (Wildman–Crippen MR) is 32.7 cm³/mol. The standard InChI is InChI=1S/C5H2ClFN2O.Na.H/c6-5(7)4(10)3(1-8)2-9;;/h5,10H;;/q;+1;-1. The van der Waals surface area contributed by atoms with Gasteiger partial charge < -0.3 is 6.53 Å². The van der Waals surface area contributed by atoms with Crippen LogP contribution < -0.4 is 29.6 Å². The molecule has 0 bridgehead atoms. The first kappa shape index (κ1) is 13.3. The Morgan fingerprint density at radius 3 is 2.00 bits per heavy atom. The number of allylic oxidation sites excluding steroid dienone is 2. The molecule has 11 heavy (non-hydrogen) atoms. The zero-order valence-electron chi connectivity index (χ0n) is 6.67.